The molecule has 0 spiro atoms. The van der Waals surface area contributed by atoms with E-state index in [0.29, 0.717) is 52.8 Å². The summed E-state index contributed by atoms with van der Waals surface area (Å²) < 4.78 is 32.2. The first-order valence-corrected chi connectivity index (χ1v) is 9.61. The molecule has 0 unspecified atom stereocenters. The number of aromatic nitrogens is 2. The summed E-state index contributed by atoms with van der Waals surface area (Å²) in [5, 5.41) is 0. The Labute approximate surface area is 177 Å². The Kier molecular flexibility index (Phi) is 5.62. The second-order valence-electron chi connectivity index (χ2n) is 6.85. The molecular weight excluding hydrogens is 404 g/mol. The van der Waals surface area contributed by atoms with Crippen LogP contribution in [0.2, 0.25) is 0 Å². The number of ketones is 1. The van der Waals surface area contributed by atoms with E-state index in [9.17, 15) is 4.79 Å². The van der Waals surface area contributed by atoms with Gasteiger partial charge in [0.15, 0.2) is 22.2 Å². The molecule has 0 radical (unpaired) electrons. The second-order valence-corrected chi connectivity index (χ2v) is 6.85. The fourth-order valence-electron chi connectivity index (χ4n) is 3.16. The zero-order valence-electron chi connectivity index (χ0n) is 17.6. The van der Waals surface area contributed by atoms with Gasteiger partial charge >= 0.3 is 0 Å². The number of ether oxygens (including phenoxy) is 4. The molecule has 0 amide bonds. The number of oxazole rings is 2. The van der Waals surface area contributed by atoms with Gasteiger partial charge in [0.05, 0.1) is 27.4 Å². The summed E-state index contributed by atoms with van der Waals surface area (Å²) in [6, 6.07) is 10.8. The van der Waals surface area contributed by atoms with Crippen molar-refractivity contribution >= 4 is 28.0 Å². The van der Waals surface area contributed by atoms with E-state index in [0.717, 1.165) is 0 Å². The van der Waals surface area contributed by atoms with E-state index in [1.807, 2.05) is 18.2 Å². The van der Waals surface area contributed by atoms with E-state index >= 15 is 0 Å². The zero-order valence-corrected chi connectivity index (χ0v) is 17.6. The van der Waals surface area contributed by atoms with Gasteiger partial charge in [-0.15, -0.1) is 0 Å². The van der Waals surface area contributed by atoms with Gasteiger partial charge in [-0.2, -0.15) is 0 Å². The molecule has 5 rings (SSSR count). The van der Waals surface area contributed by atoms with Gasteiger partial charge in [0.25, 0.3) is 11.8 Å². The van der Waals surface area contributed by atoms with Crippen molar-refractivity contribution in [3.8, 4) is 11.5 Å². The highest BCUT2D eigenvalue weighted by molar-refractivity contribution is 5.93. The van der Waals surface area contributed by atoms with Crippen LogP contribution < -0.4 is 9.47 Å². The number of methoxy groups -OCH3 is 2. The Hall–Kier alpha value is -3.43. The van der Waals surface area contributed by atoms with Crippen molar-refractivity contribution in [2.24, 2.45) is 0 Å². The normalized spacial score (nSPS) is 15.0. The summed E-state index contributed by atoms with van der Waals surface area (Å²) in [6.07, 6.45) is 0. The van der Waals surface area contributed by atoms with Gasteiger partial charge in [0.1, 0.15) is 11.5 Å². The van der Waals surface area contributed by atoms with Gasteiger partial charge in [-0.3, -0.25) is 4.79 Å². The van der Waals surface area contributed by atoms with Crippen LogP contribution in [0.3, 0.4) is 0 Å². The number of fused-ring (bicyclic) bond motifs is 2. The minimum atomic E-state index is -0.885. The number of benzene rings is 2. The summed E-state index contributed by atoms with van der Waals surface area (Å²) in [7, 11) is 3.16. The Bertz CT molecular complexity index is 1220. The smallest absolute Gasteiger partial charge is 0.264 e. The predicted molar refractivity (Wildman–Crippen MR) is 110 cm³/mol. The molecule has 0 bridgehead atoms. The topological polar surface area (TPSA) is 106 Å². The lowest BCUT2D eigenvalue weighted by Gasteiger charge is -2.17. The average Bonchev–Trinajstić information content (AvgIpc) is 3.51. The van der Waals surface area contributed by atoms with Crippen LogP contribution in [-0.4, -0.2) is 43.2 Å². The van der Waals surface area contributed by atoms with Crippen LogP contribution in [0.5, 0.6) is 11.5 Å². The lowest BCUT2D eigenvalue weighted by atomic mass is 10.3. The van der Waals surface area contributed by atoms with Crippen molar-refractivity contribution < 1.29 is 32.6 Å². The van der Waals surface area contributed by atoms with Crippen LogP contribution in [0.15, 0.2) is 45.2 Å². The summed E-state index contributed by atoms with van der Waals surface area (Å²) in [4.78, 5) is 19.5. The van der Waals surface area contributed by atoms with Gasteiger partial charge in [-0.1, -0.05) is 12.1 Å². The first kappa shape index (κ1) is 20.8. The Morgan fingerprint density at radius 2 is 1.45 bits per heavy atom. The van der Waals surface area contributed by atoms with Crippen LogP contribution in [0.1, 0.15) is 30.4 Å². The van der Waals surface area contributed by atoms with Crippen molar-refractivity contribution in [3.05, 3.63) is 48.2 Å². The number of Topliss-reactive ketones (excluding diaryl/α,β-unsaturated/α-hetero) is 1. The van der Waals surface area contributed by atoms with E-state index in [1.54, 1.807) is 39.3 Å². The predicted octanol–water partition coefficient (Wildman–Crippen LogP) is 4.09. The third-order valence-corrected chi connectivity index (χ3v) is 4.73. The molecule has 1 aliphatic heterocycles. The highest BCUT2D eigenvalue weighted by atomic mass is 16.7. The van der Waals surface area contributed by atoms with Crippen LogP contribution in [0, 0.1) is 0 Å². The maximum Gasteiger partial charge on any atom is 0.264 e. The first-order valence-electron chi connectivity index (χ1n) is 9.61. The molecular formula is C22H22N2O7. The Balaban J connectivity index is 0.000000152. The number of para-hydroxylation sites is 2. The monoisotopic (exact) mass is 426 g/mol. The van der Waals surface area contributed by atoms with Gasteiger partial charge in [0.2, 0.25) is 11.6 Å². The van der Waals surface area contributed by atoms with Crippen molar-refractivity contribution in [2.45, 2.75) is 19.6 Å². The second kappa shape index (κ2) is 8.37. The number of carbonyl (C=O) groups is 1. The third kappa shape index (κ3) is 3.97. The van der Waals surface area contributed by atoms with Crippen molar-refractivity contribution in [1.82, 2.24) is 9.97 Å². The van der Waals surface area contributed by atoms with Crippen LogP contribution in [0.25, 0.3) is 22.2 Å². The van der Waals surface area contributed by atoms with Crippen molar-refractivity contribution in [1.29, 1.82) is 0 Å². The van der Waals surface area contributed by atoms with E-state index in [-0.39, 0.29) is 11.7 Å². The molecule has 31 heavy (non-hydrogen) atoms. The number of hydrogen-bond donors (Lipinski definition) is 0. The van der Waals surface area contributed by atoms with Gasteiger partial charge in [0, 0.05) is 6.92 Å². The molecule has 3 heterocycles. The highest BCUT2D eigenvalue weighted by Gasteiger charge is 2.38. The minimum absolute atomic E-state index is 0.115. The van der Waals surface area contributed by atoms with Crippen molar-refractivity contribution in [2.75, 3.05) is 27.4 Å². The molecule has 4 aromatic rings. The van der Waals surface area contributed by atoms with E-state index in [1.165, 1.54) is 6.92 Å². The summed E-state index contributed by atoms with van der Waals surface area (Å²) in [6.45, 7) is 4.31. The largest absolute Gasteiger partial charge is 0.494 e. The molecule has 2 aromatic carbocycles. The van der Waals surface area contributed by atoms with Crippen LogP contribution >= 0.6 is 0 Å². The fourth-order valence-corrected chi connectivity index (χ4v) is 3.16. The van der Waals surface area contributed by atoms with Crippen LogP contribution in [-0.2, 0) is 15.3 Å². The van der Waals surface area contributed by atoms with E-state index in [2.05, 4.69) is 9.97 Å². The number of rotatable bonds is 4. The maximum atomic E-state index is 11.0. The van der Waals surface area contributed by atoms with E-state index < -0.39 is 5.79 Å². The molecule has 1 fully saturated rings. The Morgan fingerprint density at radius 1 is 0.903 bits per heavy atom. The minimum Gasteiger partial charge on any atom is -0.494 e. The lowest BCUT2D eigenvalue weighted by Crippen LogP contribution is -2.22. The summed E-state index contributed by atoms with van der Waals surface area (Å²) >= 11 is 0. The third-order valence-electron chi connectivity index (χ3n) is 4.73. The number of carbonyl (C=O) groups excluding carboxylic acids is 1. The molecule has 0 N–H and O–H groups in total. The Morgan fingerprint density at radius 3 is 2.00 bits per heavy atom. The molecule has 2 aromatic heterocycles. The maximum absolute atomic E-state index is 11.0. The quantitative estimate of drug-likeness (QED) is 0.446. The molecule has 0 aliphatic carbocycles. The van der Waals surface area contributed by atoms with Gasteiger partial charge in [-0.25, -0.2) is 9.97 Å². The SMILES string of the molecule is COc1cccc2oc(C(C)=O)nc12.COc1cccc2oc(C3(C)OCCO3)nc12. The zero-order chi connectivity index (χ0) is 22.0. The molecule has 0 saturated carbocycles. The molecule has 9 nitrogen and oxygen atoms in total. The first-order chi connectivity index (χ1) is 14.9. The number of nitrogens with zero attached hydrogens (tertiary/aromatic N) is 2. The standard InChI is InChI=1S/C12H13NO4.C10H9NO3/c1-12(15-6-7-16-12)11-13-10-8(14-2)4-3-5-9(10)17-11;1-6(12)10-11-9-7(13-2)4-3-5-8(9)14-10/h3-5H,6-7H2,1-2H3;3-5H,1-2H3. The van der Waals surface area contributed by atoms with Crippen molar-refractivity contribution in [3.63, 3.8) is 0 Å². The molecule has 1 saturated heterocycles. The molecule has 0 atom stereocenters. The van der Waals surface area contributed by atoms with E-state index in [4.69, 9.17) is 27.8 Å². The van der Waals surface area contributed by atoms with Gasteiger partial charge in [-0.05, 0) is 31.2 Å². The summed E-state index contributed by atoms with van der Waals surface area (Å²) in [5.74, 6) is 0.754. The fraction of sp³-hybridized carbons (Fsp3) is 0.318. The molecule has 162 valence electrons. The van der Waals surface area contributed by atoms with Gasteiger partial charge < -0.3 is 27.8 Å². The highest BCUT2D eigenvalue weighted by Crippen LogP contribution is 2.34. The molecule has 9 heteroatoms. The number of hydrogen-bond acceptors (Lipinski definition) is 9. The lowest BCUT2D eigenvalue weighted by molar-refractivity contribution is -0.165. The summed E-state index contributed by atoms with van der Waals surface area (Å²) in [5.41, 5.74) is 2.50. The van der Waals surface area contributed by atoms with Crippen LogP contribution in [0.4, 0.5) is 0 Å². The average molecular weight is 426 g/mol. The molecule has 1 aliphatic rings.